The minimum atomic E-state index is -0.117. The molecular formula is C28H33N5O3S. The first kappa shape index (κ1) is 26.6. The summed E-state index contributed by atoms with van der Waals surface area (Å²) in [6.07, 6.45) is 1.72. The monoisotopic (exact) mass is 519 g/mol. The zero-order chi connectivity index (χ0) is 26.4. The Morgan fingerprint density at radius 1 is 0.973 bits per heavy atom. The van der Waals surface area contributed by atoms with Crippen LogP contribution >= 0.6 is 11.8 Å². The van der Waals surface area contributed by atoms with Crippen molar-refractivity contribution in [3.8, 4) is 11.3 Å². The van der Waals surface area contributed by atoms with Crippen LogP contribution in [-0.2, 0) is 4.79 Å². The van der Waals surface area contributed by atoms with Gasteiger partial charge >= 0.3 is 0 Å². The van der Waals surface area contributed by atoms with Crippen molar-refractivity contribution in [1.29, 1.82) is 0 Å². The Balaban J connectivity index is 1.36. The van der Waals surface area contributed by atoms with Gasteiger partial charge in [-0.05, 0) is 47.9 Å². The van der Waals surface area contributed by atoms with Gasteiger partial charge in [0.05, 0.1) is 5.69 Å². The fourth-order valence-electron chi connectivity index (χ4n) is 3.86. The highest BCUT2D eigenvalue weighted by Gasteiger charge is 2.23. The summed E-state index contributed by atoms with van der Waals surface area (Å²) in [5, 5.41) is 12.7. The molecule has 37 heavy (non-hydrogen) atoms. The molecule has 0 saturated carbocycles. The largest absolute Gasteiger partial charge is 0.396 e. The van der Waals surface area contributed by atoms with Crippen molar-refractivity contribution in [2.75, 3.05) is 43.9 Å². The first-order valence-electron chi connectivity index (χ1n) is 12.3. The number of aliphatic hydroxyl groups excluding tert-OH is 1. The van der Waals surface area contributed by atoms with E-state index in [0.29, 0.717) is 37.7 Å². The van der Waals surface area contributed by atoms with Crippen LogP contribution in [-0.4, -0.2) is 75.2 Å². The molecule has 1 aromatic heterocycles. The summed E-state index contributed by atoms with van der Waals surface area (Å²) in [5.74, 6) is 1.32. The average Bonchev–Trinajstić information content (AvgIpc) is 2.92. The number of hydrogen-bond donors (Lipinski definition) is 2. The Labute approximate surface area is 222 Å². The predicted octanol–water partition coefficient (Wildman–Crippen LogP) is 4.30. The molecule has 0 atom stereocenters. The van der Waals surface area contributed by atoms with Crippen LogP contribution in [0.15, 0.2) is 65.7 Å². The topological polar surface area (TPSA) is 98.7 Å². The molecule has 1 aliphatic heterocycles. The van der Waals surface area contributed by atoms with E-state index in [1.54, 1.807) is 46.8 Å². The number of nitrogens with zero attached hydrogens (tertiary/aromatic N) is 4. The van der Waals surface area contributed by atoms with Gasteiger partial charge in [0.15, 0.2) is 0 Å². The number of carbonyl (C=O) groups is 2. The van der Waals surface area contributed by atoms with Gasteiger partial charge in [-0.15, -0.1) is 11.8 Å². The van der Waals surface area contributed by atoms with E-state index in [-0.39, 0.29) is 23.8 Å². The number of aliphatic hydroxyl groups is 1. The summed E-state index contributed by atoms with van der Waals surface area (Å²) in [6, 6.07) is 17.4. The molecule has 0 radical (unpaired) electrons. The number of hydrogen-bond acceptors (Lipinski definition) is 7. The molecule has 0 unspecified atom stereocenters. The highest BCUT2D eigenvalue weighted by atomic mass is 32.2. The van der Waals surface area contributed by atoms with Crippen molar-refractivity contribution >= 4 is 35.2 Å². The maximum absolute atomic E-state index is 12.8. The SMILES string of the molecule is CC(=O)N1CCN(C(=O)c2ccc(Nc3nccc(-c4ccc(SCC(C)(C)CO)cc4)n3)cc2)CC1. The number of thioether (sulfide) groups is 1. The van der Waals surface area contributed by atoms with Gasteiger partial charge in [-0.1, -0.05) is 26.0 Å². The molecule has 4 rings (SSSR count). The third-order valence-corrected chi connectivity index (χ3v) is 7.79. The van der Waals surface area contributed by atoms with Crippen molar-refractivity contribution < 1.29 is 14.7 Å². The van der Waals surface area contributed by atoms with Gasteiger partial charge in [0, 0.05) is 73.4 Å². The maximum atomic E-state index is 12.8. The first-order valence-corrected chi connectivity index (χ1v) is 13.3. The molecule has 1 aliphatic rings. The first-order chi connectivity index (χ1) is 17.7. The standard InChI is InChI=1S/C28H33N5O3S/c1-20(35)32-14-16-33(17-15-32)26(36)22-4-8-23(9-5-22)30-27-29-13-12-25(31-27)21-6-10-24(11-7-21)37-19-28(2,3)18-34/h4-13,34H,14-19H2,1-3H3,(H,29,30,31). The van der Waals surface area contributed by atoms with Gasteiger partial charge in [-0.25, -0.2) is 9.97 Å². The summed E-state index contributed by atoms with van der Waals surface area (Å²) >= 11 is 1.73. The van der Waals surface area contributed by atoms with Gasteiger partial charge in [0.1, 0.15) is 0 Å². The van der Waals surface area contributed by atoms with Crippen LogP contribution in [0.2, 0.25) is 0 Å². The quantitative estimate of drug-likeness (QED) is 0.428. The van der Waals surface area contributed by atoms with Gasteiger partial charge < -0.3 is 20.2 Å². The second-order valence-corrected chi connectivity index (χ2v) is 11.0. The van der Waals surface area contributed by atoms with Crippen LogP contribution in [0.4, 0.5) is 11.6 Å². The zero-order valence-electron chi connectivity index (χ0n) is 21.5. The number of amides is 2. The average molecular weight is 520 g/mol. The van der Waals surface area contributed by atoms with E-state index in [1.165, 1.54) is 0 Å². The number of nitrogens with one attached hydrogen (secondary N) is 1. The Hall–Kier alpha value is -3.43. The molecule has 1 saturated heterocycles. The molecule has 0 aliphatic carbocycles. The van der Waals surface area contributed by atoms with Gasteiger partial charge in [0.2, 0.25) is 11.9 Å². The van der Waals surface area contributed by atoms with E-state index < -0.39 is 0 Å². The molecule has 8 nitrogen and oxygen atoms in total. The molecule has 2 heterocycles. The van der Waals surface area contributed by atoms with Crippen LogP contribution in [0.5, 0.6) is 0 Å². The molecule has 0 bridgehead atoms. The summed E-state index contributed by atoms with van der Waals surface area (Å²) in [4.78, 5) is 38.0. The highest BCUT2D eigenvalue weighted by molar-refractivity contribution is 7.99. The lowest BCUT2D eigenvalue weighted by Crippen LogP contribution is -2.50. The Kier molecular flexibility index (Phi) is 8.45. The van der Waals surface area contributed by atoms with E-state index in [1.807, 2.05) is 44.2 Å². The predicted molar refractivity (Wildman–Crippen MR) is 147 cm³/mol. The van der Waals surface area contributed by atoms with Crippen LogP contribution in [0, 0.1) is 5.41 Å². The van der Waals surface area contributed by atoms with E-state index in [0.717, 1.165) is 27.6 Å². The van der Waals surface area contributed by atoms with Crippen molar-refractivity contribution in [2.24, 2.45) is 5.41 Å². The summed E-state index contributed by atoms with van der Waals surface area (Å²) < 4.78 is 0. The summed E-state index contributed by atoms with van der Waals surface area (Å²) in [7, 11) is 0. The summed E-state index contributed by atoms with van der Waals surface area (Å²) in [6.45, 7) is 8.03. The van der Waals surface area contributed by atoms with Crippen molar-refractivity contribution in [1.82, 2.24) is 19.8 Å². The van der Waals surface area contributed by atoms with Crippen molar-refractivity contribution in [3.63, 3.8) is 0 Å². The number of carbonyl (C=O) groups excluding carboxylic acids is 2. The van der Waals surface area contributed by atoms with E-state index in [9.17, 15) is 14.7 Å². The number of anilines is 2. The molecule has 9 heteroatoms. The lowest BCUT2D eigenvalue weighted by Gasteiger charge is -2.34. The lowest BCUT2D eigenvalue weighted by atomic mass is 9.98. The normalized spacial score (nSPS) is 13.9. The number of aromatic nitrogens is 2. The third kappa shape index (κ3) is 7.08. The Morgan fingerprint density at radius 3 is 2.24 bits per heavy atom. The van der Waals surface area contributed by atoms with Gasteiger partial charge in [0.25, 0.3) is 5.91 Å². The highest BCUT2D eigenvalue weighted by Crippen LogP contribution is 2.29. The van der Waals surface area contributed by atoms with Crippen molar-refractivity contribution in [3.05, 3.63) is 66.4 Å². The summed E-state index contributed by atoms with van der Waals surface area (Å²) in [5.41, 5.74) is 3.07. The minimum absolute atomic E-state index is 0.0328. The van der Waals surface area contributed by atoms with Crippen LogP contribution in [0.1, 0.15) is 31.1 Å². The lowest BCUT2D eigenvalue weighted by molar-refractivity contribution is -0.130. The Morgan fingerprint density at radius 2 is 1.62 bits per heavy atom. The molecule has 2 aromatic carbocycles. The molecule has 3 aromatic rings. The van der Waals surface area contributed by atoms with Crippen LogP contribution < -0.4 is 5.32 Å². The van der Waals surface area contributed by atoms with E-state index >= 15 is 0 Å². The minimum Gasteiger partial charge on any atom is -0.396 e. The maximum Gasteiger partial charge on any atom is 0.253 e. The molecule has 1 fully saturated rings. The number of piperazine rings is 1. The molecule has 2 amide bonds. The smallest absolute Gasteiger partial charge is 0.253 e. The van der Waals surface area contributed by atoms with E-state index in [4.69, 9.17) is 0 Å². The number of rotatable bonds is 8. The molecule has 0 spiro atoms. The Bertz CT molecular complexity index is 1220. The van der Waals surface area contributed by atoms with Crippen LogP contribution in [0.25, 0.3) is 11.3 Å². The van der Waals surface area contributed by atoms with Crippen LogP contribution in [0.3, 0.4) is 0 Å². The van der Waals surface area contributed by atoms with E-state index in [2.05, 4.69) is 27.4 Å². The second-order valence-electron chi connectivity index (χ2n) is 9.90. The van der Waals surface area contributed by atoms with Gasteiger partial charge in [-0.2, -0.15) is 0 Å². The van der Waals surface area contributed by atoms with Crippen molar-refractivity contribution in [2.45, 2.75) is 25.7 Å². The fraction of sp³-hybridized carbons (Fsp3) is 0.357. The third-order valence-electron chi connectivity index (χ3n) is 6.26. The zero-order valence-corrected chi connectivity index (χ0v) is 22.3. The fourth-order valence-corrected chi connectivity index (χ4v) is 4.84. The molecular weight excluding hydrogens is 486 g/mol. The van der Waals surface area contributed by atoms with Gasteiger partial charge in [-0.3, -0.25) is 9.59 Å². The molecule has 194 valence electrons. The number of benzene rings is 2. The second kappa shape index (κ2) is 11.7. The molecule has 2 N–H and O–H groups in total.